The lowest BCUT2D eigenvalue weighted by atomic mass is 9.88. The molecule has 3 rings (SSSR count). The summed E-state index contributed by atoms with van der Waals surface area (Å²) < 4.78 is 0. The zero-order valence-electron chi connectivity index (χ0n) is 12.9. The maximum atomic E-state index is 12.3. The third-order valence-electron chi connectivity index (χ3n) is 4.81. The second-order valence-corrected chi connectivity index (χ2v) is 6.71. The summed E-state index contributed by atoms with van der Waals surface area (Å²) in [7, 11) is 0. The number of hydrogen-bond donors (Lipinski definition) is 1. The van der Waals surface area contributed by atoms with Crippen LogP contribution in [-0.4, -0.2) is 34.6 Å². The molecule has 2 aliphatic rings. The van der Waals surface area contributed by atoms with Crippen LogP contribution in [0.1, 0.15) is 49.3 Å². The molecule has 1 heterocycles. The number of amides is 1. The van der Waals surface area contributed by atoms with E-state index in [0.29, 0.717) is 19.5 Å². The third-order valence-corrected chi connectivity index (χ3v) is 4.81. The predicted molar refractivity (Wildman–Crippen MR) is 83.2 cm³/mol. The number of aliphatic hydroxyl groups is 1. The summed E-state index contributed by atoms with van der Waals surface area (Å²) in [4.78, 5) is 14.1. The third kappa shape index (κ3) is 3.13. The molecular formula is C18H25NO2. The van der Waals surface area contributed by atoms with E-state index in [-0.39, 0.29) is 5.91 Å². The largest absolute Gasteiger partial charge is 0.386 e. The molecule has 1 aromatic carbocycles. The van der Waals surface area contributed by atoms with Crippen LogP contribution >= 0.6 is 0 Å². The molecule has 0 unspecified atom stereocenters. The highest BCUT2D eigenvalue weighted by Crippen LogP contribution is 2.27. The molecule has 114 valence electrons. The van der Waals surface area contributed by atoms with Crippen LogP contribution in [0.3, 0.4) is 0 Å². The number of fused-ring (bicyclic) bond motifs is 1. The Labute approximate surface area is 127 Å². The van der Waals surface area contributed by atoms with E-state index in [4.69, 9.17) is 0 Å². The first-order valence-electron chi connectivity index (χ1n) is 8.20. The van der Waals surface area contributed by atoms with Crippen LogP contribution in [0, 0.1) is 0 Å². The average molecular weight is 287 g/mol. The van der Waals surface area contributed by atoms with Crippen LogP contribution in [0.5, 0.6) is 0 Å². The molecule has 0 aromatic heterocycles. The molecule has 3 nitrogen and oxygen atoms in total. The highest BCUT2D eigenvalue weighted by Gasteiger charge is 2.42. The van der Waals surface area contributed by atoms with Crippen molar-refractivity contribution in [1.29, 1.82) is 0 Å². The molecule has 0 spiro atoms. The van der Waals surface area contributed by atoms with Crippen LogP contribution in [0.2, 0.25) is 0 Å². The van der Waals surface area contributed by atoms with Gasteiger partial charge in [0, 0.05) is 0 Å². The van der Waals surface area contributed by atoms with Crippen molar-refractivity contribution in [3.63, 3.8) is 0 Å². The van der Waals surface area contributed by atoms with Crippen LogP contribution in [0.4, 0.5) is 0 Å². The molecule has 1 aromatic rings. The highest BCUT2D eigenvalue weighted by atomic mass is 16.3. The van der Waals surface area contributed by atoms with Crippen LogP contribution in [0.15, 0.2) is 18.2 Å². The quantitative estimate of drug-likeness (QED) is 0.924. The Balaban J connectivity index is 1.59. The molecule has 1 aliphatic carbocycles. The van der Waals surface area contributed by atoms with Crippen LogP contribution in [-0.2, 0) is 24.1 Å². The fourth-order valence-corrected chi connectivity index (χ4v) is 3.65. The lowest BCUT2D eigenvalue weighted by molar-refractivity contribution is -0.155. The van der Waals surface area contributed by atoms with Gasteiger partial charge in [0.05, 0.1) is 25.1 Å². The first kappa shape index (κ1) is 14.6. The van der Waals surface area contributed by atoms with Crippen LogP contribution in [0.25, 0.3) is 0 Å². The van der Waals surface area contributed by atoms with E-state index in [2.05, 4.69) is 25.1 Å². The fraction of sp³-hybridized carbons (Fsp3) is 0.611. The van der Waals surface area contributed by atoms with Gasteiger partial charge >= 0.3 is 0 Å². The molecule has 1 amide bonds. The Morgan fingerprint density at radius 3 is 2.67 bits per heavy atom. The fourth-order valence-electron chi connectivity index (χ4n) is 3.65. The van der Waals surface area contributed by atoms with Crippen LogP contribution < -0.4 is 0 Å². The number of carbonyl (C=O) groups is 1. The maximum absolute atomic E-state index is 12.3. The first-order chi connectivity index (χ1) is 10.1. The Morgan fingerprint density at radius 2 is 1.95 bits per heavy atom. The van der Waals surface area contributed by atoms with Gasteiger partial charge in [0.2, 0.25) is 5.91 Å². The Morgan fingerprint density at radius 1 is 1.24 bits per heavy atom. The van der Waals surface area contributed by atoms with Crippen molar-refractivity contribution in [3.05, 3.63) is 34.9 Å². The number of rotatable bonds is 4. The minimum atomic E-state index is -0.625. The summed E-state index contributed by atoms with van der Waals surface area (Å²) in [5, 5.41) is 10.2. The SMILES string of the molecule is CCCC1(O)CN(C(=O)Cc2ccc3c(c2)CCCC3)C1. The zero-order chi connectivity index (χ0) is 14.9. The van der Waals surface area contributed by atoms with E-state index < -0.39 is 5.60 Å². The molecular weight excluding hydrogens is 262 g/mol. The van der Waals surface area contributed by atoms with Crippen molar-refractivity contribution in [2.75, 3.05) is 13.1 Å². The molecule has 0 bridgehead atoms. The second kappa shape index (κ2) is 5.80. The second-order valence-electron chi connectivity index (χ2n) is 6.71. The van der Waals surface area contributed by atoms with Crippen molar-refractivity contribution >= 4 is 5.91 Å². The molecule has 1 fully saturated rings. The van der Waals surface area contributed by atoms with Gasteiger partial charge in [0.15, 0.2) is 0 Å². The monoisotopic (exact) mass is 287 g/mol. The maximum Gasteiger partial charge on any atom is 0.227 e. The number of hydrogen-bond acceptors (Lipinski definition) is 2. The molecule has 0 radical (unpaired) electrons. The van der Waals surface area contributed by atoms with Crippen molar-refractivity contribution in [2.45, 2.75) is 57.5 Å². The normalized spacial score (nSPS) is 19.8. The van der Waals surface area contributed by atoms with Gasteiger partial charge in [-0.05, 0) is 48.8 Å². The van der Waals surface area contributed by atoms with E-state index >= 15 is 0 Å². The summed E-state index contributed by atoms with van der Waals surface area (Å²) in [5.74, 6) is 0.145. The minimum Gasteiger partial charge on any atom is -0.386 e. The summed E-state index contributed by atoms with van der Waals surface area (Å²) in [5.41, 5.74) is 3.38. The number of nitrogens with zero attached hydrogens (tertiary/aromatic N) is 1. The minimum absolute atomic E-state index is 0.145. The van der Waals surface area contributed by atoms with Gasteiger partial charge in [-0.25, -0.2) is 0 Å². The number of aryl methyl sites for hydroxylation is 2. The zero-order valence-corrected chi connectivity index (χ0v) is 12.9. The topological polar surface area (TPSA) is 40.5 Å². The van der Waals surface area contributed by atoms with Crippen molar-refractivity contribution in [3.8, 4) is 0 Å². The number of carbonyl (C=O) groups excluding carboxylic acids is 1. The van der Waals surface area contributed by atoms with Crippen molar-refractivity contribution in [2.24, 2.45) is 0 Å². The lowest BCUT2D eigenvalue weighted by Crippen LogP contribution is -2.63. The molecule has 3 heteroatoms. The van der Waals surface area contributed by atoms with E-state index in [9.17, 15) is 9.90 Å². The highest BCUT2D eigenvalue weighted by molar-refractivity contribution is 5.80. The summed E-state index contributed by atoms with van der Waals surface area (Å²) in [6.45, 7) is 3.07. The van der Waals surface area contributed by atoms with Gasteiger partial charge in [-0.3, -0.25) is 4.79 Å². The molecule has 0 atom stereocenters. The van der Waals surface area contributed by atoms with Gasteiger partial charge in [0.25, 0.3) is 0 Å². The Kier molecular flexibility index (Phi) is 4.03. The van der Waals surface area contributed by atoms with Crippen molar-refractivity contribution < 1.29 is 9.90 Å². The molecule has 0 saturated carbocycles. The number of β-amino-alcohol motifs (C(OH)–C–C–N with tert-alkyl or cyclic N) is 1. The first-order valence-corrected chi connectivity index (χ1v) is 8.20. The summed E-state index contributed by atoms with van der Waals surface area (Å²) in [6, 6.07) is 6.51. The predicted octanol–water partition coefficient (Wildman–Crippen LogP) is 2.48. The van der Waals surface area contributed by atoms with E-state index in [1.165, 1.54) is 30.4 Å². The van der Waals surface area contributed by atoms with Gasteiger partial charge in [-0.15, -0.1) is 0 Å². The average Bonchev–Trinajstić information content (AvgIpc) is 2.44. The Hall–Kier alpha value is -1.35. The van der Waals surface area contributed by atoms with E-state index in [1.54, 1.807) is 4.90 Å². The molecule has 1 saturated heterocycles. The van der Waals surface area contributed by atoms with Gasteiger partial charge in [-0.1, -0.05) is 31.5 Å². The summed E-state index contributed by atoms with van der Waals surface area (Å²) in [6.07, 6.45) is 7.10. The van der Waals surface area contributed by atoms with Gasteiger partial charge in [-0.2, -0.15) is 0 Å². The number of benzene rings is 1. The summed E-state index contributed by atoms with van der Waals surface area (Å²) >= 11 is 0. The van der Waals surface area contributed by atoms with Gasteiger partial charge in [0.1, 0.15) is 0 Å². The number of likely N-dealkylation sites (tertiary alicyclic amines) is 1. The van der Waals surface area contributed by atoms with Crippen molar-refractivity contribution in [1.82, 2.24) is 4.90 Å². The molecule has 21 heavy (non-hydrogen) atoms. The van der Waals surface area contributed by atoms with E-state index in [1.807, 2.05) is 0 Å². The standard InChI is InChI=1S/C18H25NO2/c1-2-9-18(21)12-19(13-18)17(20)11-14-7-8-15-5-3-4-6-16(15)10-14/h7-8,10,21H,2-6,9,11-13H2,1H3. The van der Waals surface area contributed by atoms with E-state index in [0.717, 1.165) is 24.8 Å². The lowest BCUT2D eigenvalue weighted by Gasteiger charge is -2.46. The molecule has 1 N–H and O–H groups in total. The van der Waals surface area contributed by atoms with Gasteiger partial charge < -0.3 is 10.0 Å². The molecule has 1 aliphatic heterocycles. The Bertz CT molecular complexity index is 532. The smallest absolute Gasteiger partial charge is 0.227 e.